The third kappa shape index (κ3) is 4.75. The van der Waals surface area contributed by atoms with Crippen LogP contribution in [0.3, 0.4) is 0 Å². The van der Waals surface area contributed by atoms with Gasteiger partial charge in [-0.15, -0.1) is 0 Å². The van der Waals surface area contributed by atoms with Gasteiger partial charge in [0.25, 0.3) is 0 Å². The number of para-hydroxylation sites is 2. The highest BCUT2D eigenvalue weighted by molar-refractivity contribution is 5.96. The van der Waals surface area contributed by atoms with Crippen LogP contribution in [-0.2, 0) is 4.79 Å². The van der Waals surface area contributed by atoms with E-state index >= 15 is 0 Å². The molecule has 1 saturated heterocycles. The topological polar surface area (TPSA) is 70.7 Å². The maximum atomic E-state index is 13.0. The minimum absolute atomic E-state index is 0.00422. The third-order valence-electron chi connectivity index (χ3n) is 4.33. The Morgan fingerprint density at radius 1 is 1.22 bits per heavy atom. The van der Waals surface area contributed by atoms with Gasteiger partial charge in [-0.1, -0.05) is 12.1 Å². The zero-order valence-corrected chi connectivity index (χ0v) is 15.1. The van der Waals surface area contributed by atoms with E-state index in [2.05, 4.69) is 10.6 Å². The summed E-state index contributed by atoms with van der Waals surface area (Å²) in [6.45, 7) is 3.23. The van der Waals surface area contributed by atoms with Gasteiger partial charge >= 0.3 is 6.03 Å². The largest absolute Gasteiger partial charge is 0.492 e. The zero-order chi connectivity index (χ0) is 19.2. The van der Waals surface area contributed by atoms with Crippen molar-refractivity contribution in [2.75, 3.05) is 29.9 Å². The predicted molar refractivity (Wildman–Crippen MR) is 101 cm³/mol. The second kappa shape index (κ2) is 8.53. The number of nitrogens with zero attached hydrogens (tertiary/aromatic N) is 1. The standard InChI is InChI=1S/C20H22FN3O3/c1-2-27-18-6-4-3-5-17(18)23-20(26)22-12-14-11-19(25)24(13-14)16-9-7-15(21)8-10-16/h3-10,14H,2,11-13H2,1H3,(H2,22,23,26). The number of ether oxygens (including phenoxy) is 1. The van der Waals surface area contributed by atoms with Crippen molar-refractivity contribution in [2.45, 2.75) is 13.3 Å². The fraction of sp³-hybridized carbons (Fsp3) is 0.300. The van der Waals surface area contributed by atoms with E-state index in [1.165, 1.54) is 12.1 Å². The van der Waals surface area contributed by atoms with Gasteiger partial charge in [0, 0.05) is 31.1 Å². The fourth-order valence-electron chi connectivity index (χ4n) is 3.04. The highest BCUT2D eigenvalue weighted by Crippen LogP contribution is 2.25. The lowest BCUT2D eigenvalue weighted by molar-refractivity contribution is -0.117. The summed E-state index contributed by atoms with van der Waals surface area (Å²) >= 11 is 0. The molecule has 1 atom stereocenters. The molecule has 0 spiro atoms. The van der Waals surface area contributed by atoms with Crippen molar-refractivity contribution in [1.29, 1.82) is 0 Å². The predicted octanol–water partition coefficient (Wildman–Crippen LogP) is 3.40. The Hall–Kier alpha value is -3.09. The van der Waals surface area contributed by atoms with Gasteiger partial charge in [0.1, 0.15) is 11.6 Å². The molecule has 27 heavy (non-hydrogen) atoms. The number of hydrogen-bond donors (Lipinski definition) is 2. The quantitative estimate of drug-likeness (QED) is 0.818. The third-order valence-corrected chi connectivity index (χ3v) is 4.33. The number of carbonyl (C=O) groups excluding carboxylic acids is 2. The number of amides is 3. The Balaban J connectivity index is 1.52. The van der Waals surface area contributed by atoms with E-state index in [0.717, 1.165) is 0 Å². The molecule has 0 aliphatic carbocycles. The molecule has 1 heterocycles. The van der Waals surface area contributed by atoms with Gasteiger partial charge in [-0.3, -0.25) is 4.79 Å². The molecule has 0 aromatic heterocycles. The van der Waals surface area contributed by atoms with Crippen LogP contribution < -0.4 is 20.3 Å². The number of nitrogens with one attached hydrogen (secondary N) is 2. The second-order valence-corrected chi connectivity index (χ2v) is 6.32. The van der Waals surface area contributed by atoms with Gasteiger partial charge in [-0.2, -0.15) is 0 Å². The molecule has 7 heteroatoms. The maximum Gasteiger partial charge on any atom is 0.319 e. The zero-order valence-electron chi connectivity index (χ0n) is 15.1. The van der Waals surface area contributed by atoms with Crippen LogP contribution in [0.2, 0.25) is 0 Å². The van der Waals surface area contributed by atoms with Gasteiger partial charge in [0.2, 0.25) is 5.91 Å². The van der Waals surface area contributed by atoms with E-state index in [4.69, 9.17) is 4.74 Å². The molecule has 2 N–H and O–H groups in total. The summed E-state index contributed by atoms with van der Waals surface area (Å²) < 4.78 is 18.5. The molecule has 0 saturated carbocycles. The SMILES string of the molecule is CCOc1ccccc1NC(=O)NCC1CC(=O)N(c2ccc(F)cc2)C1. The van der Waals surface area contributed by atoms with E-state index in [-0.39, 0.29) is 23.7 Å². The molecule has 1 aliphatic heterocycles. The van der Waals surface area contributed by atoms with Crippen molar-refractivity contribution in [1.82, 2.24) is 5.32 Å². The highest BCUT2D eigenvalue weighted by atomic mass is 19.1. The first-order valence-electron chi connectivity index (χ1n) is 8.89. The minimum atomic E-state index is -0.352. The molecular weight excluding hydrogens is 349 g/mol. The summed E-state index contributed by atoms with van der Waals surface area (Å²) in [6, 6.07) is 12.7. The summed E-state index contributed by atoms with van der Waals surface area (Å²) in [4.78, 5) is 26.0. The van der Waals surface area contributed by atoms with Crippen molar-refractivity contribution in [3.8, 4) is 5.75 Å². The van der Waals surface area contributed by atoms with E-state index in [1.54, 1.807) is 29.2 Å². The molecular formula is C20H22FN3O3. The summed E-state index contributed by atoms with van der Waals surface area (Å²) in [7, 11) is 0. The molecule has 1 unspecified atom stereocenters. The van der Waals surface area contributed by atoms with Crippen molar-refractivity contribution in [3.63, 3.8) is 0 Å². The lowest BCUT2D eigenvalue weighted by Crippen LogP contribution is -2.34. The first kappa shape index (κ1) is 18.7. The maximum absolute atomic E-state index is 13.0. The van der Waals surface area contributed by atoms with Gasteiger partial charge in [0.05, 0.1) is 12.3 Å². The molecule has 0 radical (unpaired) electrons. The number of anilines is 2. The van der Waals surface area contributed by atoms with Crippen LogP contribution in [0.5, 0.6) is 5.75 Å². The van der Waals surface area contributed by atoms with Gasteiger partial charge in [0.15, 0.2) is 0 Å². The Kier molecular flexibility index (Phi) is 5.90. The average Bonchev–Trinajstić information content (AvgIpc) is 3.03. The smallest absolute Gasteiger partial charge is 0.319 e. The molecule has 2 aromatic carbocycles. The van der Waals surface area contributed by atoms with Crippen LogP contribution in [-0.4, -0.2) is 31.6 Å². The first-order valence-corrected chi connectivity index (χ1v) is 8.89. The van der Waals surface area contributed by atoms with Crippen LogP contribution in [0.25, 0.3) is 0 Å². The Bertz CT molecular complexity index is 810. The molecule has 3 amide bonds. The second-order valence-electron chi connectivity index (χ2n) is 6.32. The van der Waals surface area contributed by atoms with Crippen molar-refractivity contribution >= 4 is 23.3 Å². The van der Waals surface area contributed by atoms with Crippen LogP contribution in [0.15, 0.2) is 48.5 Å². The summed E-state index contributed by atoms with van der Waals surface area (Å²) in [5, 5.41) is 5.56. The number of rotatable bonds is 6. The molecule has 142 valence electrons. The molecule has 3 rings (SSSR count). The lowest BCUT2D eigenvalue weighted by Gasteiger charge is -2.17. The van der Waals surface area contributed by atoms with E-state index in [9.17, 15) is 14.0 Å². The fourth-order valence-corrected chi connectivity index (χ4v) is 3.04. The Morgan fingerprint density at radius 2 is 1.96 bits per heavy atom. The van der Waals surface area contributed by atoms with Crippen LogP contribution >= 0.6 is 0 Å². The monoisotopic (exact) mass is 371 g/mol. The van der Waals surface area contributed by atoms with Gasteiger partial charge in [-0.05, 0) is 43.3 Å². The minimum Gasteiger partial charge on any atom is -0.492 e. The van der Waals surface area contributed by atoms with E-state index in [1.807, 2.05) is 19.1 Å². The lowest BCUT2D eigenvalue weighted by atomic mass is 10.1. The molecule has 2 aromatic rings. The van der Waals surface area contributed by atoms with E-state index in [0.29, 0.717) is 43.2 Å². The van der Waals surface area contributed by atoms with E-state index < -0.39 is 0 Å². The number of benzene rings is 2. The Labute approximate surface area is 157 Å². The first-order chi connectivity index (χ1) is 13.1. The normalized spacial score (nSPS) is 16.3. The molecule has 1 fully saturated rings. The number of halogens is 1. The summed E-state index contributed by atoms with van der Waals surface area (Å²) in [6.07, 6.45) is 0.340. The van der Waals surface area contributed by atoms with Crippen molar-refractivity contribution in [3.05, 3.63) is 54.3 Å². The number of urea groups is 1. The summed E-state index contributed by atoms with van der Waals surface area (Å²) in [5.41, 5.74) is 1.26. The van der Waals surface area contributed by atoms with Gasteiger partial charge in [-0.25, -0.2) is 9.18 Å². The average molecular weight is 371 g/mol. The molecule has 6 nitrogen and oxygen atoms in total. The van der Waals surface area contributed by atoms with Crippen molar-refractivity contribution in [2.24, 2.45) is 5.92 Å². The summed E-state index contributed by atoms with van der Waals surface area (Å²) in [5.74, 6) is 0.229. The highest BCUT2D eigenvalue weighted by Gasteiger charge is 2.30. The number of hydrogen-bond acceptors (Lipinski definition) is 3. The van der Waals surface area contributed by atoms with Crippen LogP contribution in [0.1, 0.15) is 13.3 Å². The molecule has 0 bridgehead atoms. The van der Waals surface area contributed by atoms with Crippen LogP contribution in [0.4, 0.5) is 20.6 Å². The number of carbonyl (C=O) groups is 2. The Morgan fingerprint density at radius 3 is 2.70 bits per heavy atom. The van der Waals surface area contributed by atoms with Crippen LogP contribution in [0, 0.1) is 11.7 Å². The molecule has 1 aliphatic rings. The van der Waals surface area contributed by atoms with Crippen molar-refractivity contribution < 1.29 is 18.7 Å². The van der Waals surface area contributed by atoms with Gasteiger partial charge < -0.3 is 20.3 Å².